The Morgan fingerprint density at radius 1 is 1.41 bits per heavy atom. The number of hydrogen-bond acceptors (Lipinski definition) is 5. The number of nitrogens with one attached hydrogen (secondary N) is 1. The molecule has 2 aromatic heterocycles. The van der Waals surface area contributed by atoms with Crippen LogP contribution in [0, 0.1) is 0 Å². The molecule has 2 heterocycles. The minimum absolute atomic E-state index is 0.0596. The van der Waals surface area contributed by atoms with Crippen molar-refractivity contribution >= 4 is 22.9 Å². The number of carbonyl (C=O) groups excluding carboxylic acids is 1. The zero-order valence-electron chi connectivity index (χ0n) is 9.09. The van der Waals surface area contributed by atoms with Crippen molar-refractivity contribution in [3.63, 3.8) is 0 Å². The fraction of sp³-hybridized carbons (Fsp3) is 0.182. The second-order valence-corrected chi connectivity index (χ2v) is 4.48. The summed E-state index contributed by atoms with van der Waals surface area (Å²) in [5.74, 6) is -0.0596. The van der Waals surface area contributed by atoms with Crippen LogP contribution in [0.15, 0.2) is 30.0 Å². The summed E-state index contributed by atoms with van der Waals surface area (Å²) >= 11 is 1.52. The fourth-order valence-electron chi connectivity index (χ4n) is 1.28. The minimum Gasteiger partial charge on any atom is -0.397 e. The topological polar surface area (TPSA) is 80.9 Å². The maximum absolute atomic E-state index is 11.6. The molecule has 6 heteroatoms. The number of thiazole rings is 1. The first kappa shape index (κ1) is 11.5. The van der Waals surface area contributed by atoms with Gasteiger partial charge in [0, 0.05) is 16.8 Å². The predicted octanol–water partition coefficient (Wildman–Crippen LogP) is 0.979. The van der Waals surface area contributed by atoms with Crippen molar-refractivity contribution in [1.82, 2.24) is 15.3 Å². The van der Waals surface area contributed by atoms with E-state index in [0.29, 0.717) is 17.9 Å². The highest BCUT2D eigenvalue weighted by atomic mass is 32.1. The van der Waals surface area contributed by atoms with Crippen molar-refractivity contribution in [3.8, 4) is 0 Å². The van der Waals surface area contributed by atoms with E-state index in [2.05, 4.69) is 15.3 Å². The van der Waals surface area contributed by atoms with E-state index < -0.39 is 0 Å². The minimum atomic E-state index is -0.0596. The smallest absolute Gasteiger partial charge is 0.226 e. The van der Waals surface area contributed by atoms with Gasteiger partial charge in [0.2, 0.25) is 5.91 Å². The lowest BCUT2D eigenvalue weighted by Gasteiger charge is -2.03. The number of nitrogens with two attached hydrogens (primary N) is 1. The molecule has 17 heavy (non-hydrogen) atoms. The third-order valence-electron chi connectivity index (χ3n) is 2.13. The molecule has 5 nitrogen and oxygen atoms in total. The maximum Gasteiger partial charge on any atom is 0.226 e. The maximum atomic E-state index is 11.6. The molecule has 0 saturated heterocycles. The number of pyridine rings is 1. The molecule has 1 amide bonds. The van der Waals surface area contributed by atoms with Gasteiger partial charge in [0.25, 0.3) is 0 Å². The van der Waals surface area contributed by atoms with Crippen molar-refractivity contribution in [2.45, 2.75) is 13.0 Å². The Morgan fingerprint density at radius 2 is 2.29 bits per heavy atom. The molecule has 0 aliphatic rings. The molecule has 0 saturated carbocycles. The van der Waals surface area contributed by atoms with Gasteiger partial charge in [0.05, 0.1) is 30.4 Å². The fourth-order valence-corrected chi connectivity index (χ4v) is 1.82. The highest BCUT2D eigenvalue weighted by Crippen LogP contribution is 2.05. The highest BCUT2D eigenvalue weighted by molar-refractivity contribution is 7.09. The molecular weight excluding hydrogens is 236 g/mol. The van der Waals surface area contributed by atoms with E-state index in [0.717, 1.165) is 4.88 Å². The van der Waals surface area contributed by atoms with Crippen LogP contribution in [0.1, 0.15) is 10.6 Å². The van der Waals surface area contributed by atoms with Crippen LogP contribution in [0.5, 0.6) is 0 Å². The first-order valence-electron chi connectivity index (χ1n) is 5.08. The molecule has 2 rings (SSSR count). The number of amides is 1. The number of nitrogens with zero attached hydrogens (tertiary/aromatic N) is 2. The summed E-state index contributed by atoms with van der Waals surface area (Å²) in [5, 5.41) is 2.81. The van der Waals surface area contributed by atoms with E-state index >= 15 is 0 Å². The lowest BCUT2D eigenvalue weighted by molar-refractivity contribution is -0.120. The van der Waals surface area contributed by atoms with E-state index in [1.807, 2.05) is 0 Å². The summed E-state index contributed by atoms with van der Waals surface area (Å²) in [6, 6.07) is 3.49. The van der Waals surface area contributed by atoms with Gasteiger partial charge >= 0.3 is 0 Å². The molecule has 0 bridgehead atoms. The van der Waals surface area contributed by atoms with E-state index in [-0.39, 0.29) is 12.3 Å². The van der Waals surface area contributed by atoms with Crippen LogP contribution >= 0.6 is 11.3 Å². The monoisotopic (exact) mass is 248 g/mol. The Bertz CT molecular complexity index is 481. The predicted molar refractivity (Wildman–Crippen MR) is 66.3 cm³/mol. The van der Waals surface area contributed by atoms with E-state index in [9.17, 15) is 4.79 Å². The van der Waals surface area contributed by atoms with E-state index in [4.69, 9.17) is 5.73 Å². The summed E-state index contributed by atoms with van der Waals surface area (Å²) in [7, 11) is 0. The van der Waals surface area contributed by atoms with Gasteiger partial charge in [0.15, 0.2) is 0 Å². The van der Waals surface area contributed by atoms with Gasteiger partial charge in [-0.25, -0.2) is 0 Å². The molecule has 0 unspecified atom stereocenters. The number of aromatic nitrogens is 2. The van der Waals surface area contributed by atoms with Crippen LogP contribution in [0.3, 0.4) is 0 Å². The van der Waals surface area contributed by atoms with Crippen LogP contribution in [0.2, 0.25) is 0 Å². The molecule has 2 aromatic rings. The summed E-state index contributed by atoms with van der Waals surface area (Å²) in [6.45, 7) is 0.512. The number of anilines is 1. The molecule has 3 N–H and O–H groups in total. The summed E-state index contributed by atoms with van der Waals surface area (Å²) < 4.78 is 0. The summed E-state index contributed by atoms with van der Waals surface area (Å²) in [4.78, 5) is 20.6. The molecule has 0 radical (unpaired) electrons. The Balaban J connectivity index is 1.83. The van der Waals surface area contributed by atoms with Crippen molar-refractivity contribution in [2.24, 2.45) is 0 Å². The van der Waals surface area contributed by atoms with Gasteiger partial charge in [0.1, 0.15) is 0 Å². The number of rotatable bonds is 4. The van der Waals surface area contributed by atoms with Crippen LogP contribution in [0.4, 0.5) is 5.69 Å². The third-order valence-corrected chi connectivity index (χ3v) is 2.91. The third kappa shape index (κ3) is 3.53. The molecule has 0 atom stereocenters. The number of nitrogen functional groups attached to an aromatic ring is 1. The van der Waals surface area contributed by atoms with Gasteiger partial charge in [-0.1, -0.05) is 0 Å². The van der Waals surface area contributed by atoms with E-state index in [1.54, 1.807) is 30.0 Å². The largest absolute Gasteiger partial charge is 0.397 e. The van der Waals surface area contributed by atoms with Gasteiger partial charge in [-0.3, -0.25) is 14.8 Å². The van der Waals surface area contributed by atoms with Gasteiger partial charge in [-0.15, -0.1) is 11.3 Å². The van der Waals surface area contributed by atoms with Crippen molar-refractivity contribution in [1.29, 1.82) is 0 Å². The quantitative estimate of drug-likeness (QED) is 0.845. The van der Waals surface area contributed by atoms with Crippen molar-refractivity contribution in [3.05, 3.63) is 40.6 Å². The van der Waals surface area contributed by atoms with Crippen LogP contribution in [0.25, 0.3) is 0 Å². The second-order valence-electron chi connectivity index (χ2n) is 3.50. The zero-order valence-corrected chi connectivity index (χ0v) is 9.91. The standard InChI is InChI=1S/C11H12N4OS/c12-8-1-2-9(14-4-8)3-11(16)15-6-10-5-13-7-17-10/h1-2,4-5,7H,3,6,12H2,(H,15,16). The Morgan fingerprint density at radius 3 is 2.94 bits per heavy atom. The van der Waals surface area contributed by atoms with E-state index in [1.165, 1.54) is 11.3 Å². The highest BCUT2D eigenvalue weighted by Gasteiger charge is 2.04. The SMILES string of the molecule is Nc1ccc(CC(=O)NCc2cncs2)nc1. The van der Waals surface area contributed by atoms with Crippen LogP contribution < -0.4 is 11.1 Å². The molecule has 0 spiro atoms. The summed E-state index contributed by atoms with van der Waals surface area (Å²) in [5.41, 5.74) is 8.56. The Labute approximate surface area is 103 Å². The van der Waals surface area contributed by atoms with Crippen molar-refractivity contribution < 1.29 is 4.79 Å². The average molecular weight is 248 g/mol. The molecule has 0 aliphatic heterocycles. The van der Waals surface area contributed by atoms with Crippen LogP contribution in [-0.2, 0) is 17.8 Å². The average Bonchev–Trinajstić information content (AvgIpc) is 2.83. The molecule has 0 fully saturated rings. The number of hydrogen-bond donors (Lipinski definition) is 2. The summed E-state index contributed by atoms with van der Waals surface area (Å²) in [6.07, 6.45) is 3.55. The van der Waals surface area contributed by atoms with Gasteiger partial charge in [-0.05, 0) is 12.1 Å². The molecular formula is C11H12N4OS. The number of carbonyl (C=O) groups is 1. The first-order chi connectivity index (χ1) is 8.24. The Kier molecular flexibility index (Phi) is 3.66. The van der Waals surface area contributed by atoms with Crippen LogP contribution in [-0.4, -0.2) is 15.9 Å². The second kappa shape index (κ2) is 5.40. The molecule has 0 aliphatic carbocycles. The lowest BCUT2D eigenvalue weighted by Crippen LogP contribution is -2.24. The zero-order chi connectivity index (χ0) is 12.1. The van der Waals surface area contributed by atoms with Gasteiger partial charge < -0.3 is 11.1 Å². The normalized spacial score (nSPS) is 10.1. The lowest BCUT2D eigenvalue weighted by atomic mass is 10.2. The Hall–Kier alpha value is -1.95. The molecule has 88 valence electrons. The molecule has 0 aromatic carbocycles. The first-order valence-corrected chi connectivity index (χ1v) is 5.96. The van der Waals surface area contributed by atoms with Crippen molar-refractivity contribution in [2.75, 3.05) is 5.73 Å². The van der Waals surface area contributed by atoms with Gasteiger partial charge in [-0.2, -0.15) is 0 Å².